The Hall–Kier alpha value is -3.93. The molecule has 2 heterocycles. The number of nitrogens with zero attached hydrogens (tertiary/aromatic N) is 4. The van der Waals surface area contributed by atoms with Crippen LogP contribution in [0, 0.1) is 0 Å². The van der Waals surface area contributed by atoms with Crippen LogP contribution in [0.15, 0.2) is 85.5 Å². The van der Waals surface area contributed by atoms with Crippen LogP contribution in [0.25, 0.3) is 5.69 Å². The summed E-state index contributed by atoms with van der Waals surface area (Å²) >= 11 is 0. The van der Waals surface area contributed by atoms with Gasteiger partial charge in [-0.05, 0) is 66.4 Å². The highest BCUT2D eigenvalue weighted by atomic mass is 16.1. The van der Waals surface area contributed by atoms with Gasteiger partial charge in [-0.2, -0.15) is 5.10 Å². The Kier molecular flexibility index (Phi) is 5.42. The molecule has 0 spiro atoms. The number of carbonyl (C=O) groups is 1. The van der Waals surface area contributed by atoms with Crippen molar-refractivity contribution in [1.29, 1.82) is 0 Å². The monoisotopic (exact) mass is 423 g/mol. The van der Waals surface area contributed by atoms with E-state index in [0.29, 0.717) is 5.56 Å². The van der Waals surface area contributed by atoms with Crippen molar-refractivity contribution in [2.24, 2.45) is 0 Å². The van der Waals surface area contributed by atoms with Crippen LogP contribution in [0.5, 0.6) is 0 Å². The van der Waals surface area contributed by atoms with E-state index >= 15 is 0 Å². The zero-order valence-electron chi connectivity index (χ0n) is 18.0. The highest BCUT2D eigenvalue weighted by molar-refractivity contribution is 5.94. The number of hydrogen-bond acceptors (Lipinski definition) is 4. The Balaban J connectivity index is 1.22. The molecule has 0 bridgehead atoms. The summed E-state index contributed by atoms with van der Waals surface area (Å²) in [6, 6.07) is 24.3. The summed E-state index contributed by atoms with van der Waals surface area (Å²) in [4.78, 5) is 19.1. The largest absolute Gasteiger partial charge is 0.367 e. The van der Waals surface area contributed by atoms with E-state index in [1.165, 1.54) is 17.5 Å². The maximum atomic E-state index is 12.8. The summed E-state index contributed by atoms with van der Waals surface area (Å²) in [5, 5.41) is 7.22. The van der Waals surface area contributed by atoms with Crippen molar-refractivity contribution in [3.8, 4) is 5.69 Å². The smallest absolute Gasteiger partial charge is 0.251 e. The maximum Gasteiger partial charge on any atom is 0.251 e. The first kappa shape index (κ1) is 20.0. The van der Waals surface area contributed by atoms with Crippen LogP contribution in [0.4, 0.5) is 5.69 Å². The SMILES string of the molecule is CC(NC(=O)c1ccc(N2CCc3ccccc3C2)cc1)c1ccc(-n2cncn2)cc1. The maximum absolute atomic E-state index is 12.8. The van der Waals surface area contributed by atoms with E-state index < -0.39 is 0 Å². The topological polar surface area (TPSA) is 63.1 Å². The van der Waals surface area contributed by atoms with E-state index in [1.807, 2.05) is 55.5 Å². The predicted octanol–water partition coefficient (Wildman–Crippen LogP) is 4.32. The first-order valence-corrected chi connectivity index (χ1v) is 10.8. The lowest BCUT2D eigenvalue weighted by atomic mass is 9.99. The molecule has 1 unspecified atom stereocenters. The molecule has 1 amide bonds. The Morgan fingerprint density at radius 2 is 1.66 bits per heavy atom. The van der Waals surface area contributed by atoms with Gasteiger partial charge in [-0.3, -0.25) is 4.79 Å². The van der Waals surface area contributed by atoms with Gasteiger partial charge in [-0.1, -0.05) is 36.4 Å². The van der Waals surface area contributed by atoms with Crippen LogP contribution in [0.1, 0.15) is 40.0 Å². The molecule has 3 aromatic carbocycles. The minimum atomic E-state index is -0.106. The summed E-state index contributed by atoms with van der Waals surface area (Å²) < 4.78 is 1.70. The molecule has 1 aromatic heterocycles. The number of fused-ring (bicyclic) bond motifs is 1. The molecule has 0 saturated carbocycles. The normalized spacial score (nSPS) is 14.0. The van der Waals surface area contributed by atoms with Crippen molar-refractivity contribution in [3.63, 3.8) is 0 Å². The molecule has 0 saturated heterocycles. The molecule has 160 valence electrons. The molecule has 0 radical (unpaired) electrons. The second kappa shape index (κ2) is 8.67. The zero-order chi connectivity index (χ0) is 21.9. The van der Waals surface area contributed by atoms with E-state index in [2.05, 4.69) is 44.6 Å². The van der Waals surface area contributed by atoms with E-state index in [1.54, 1.807) is 11.0 Å². The minimum Gasteiger partial charge on any atom is -0.367 e. The Bertz CT molecular complexity index is 1200. The summed E-state index contributed by atoms with van der Waals surface area (Å²) in [7, 11) is 0. The first-order valence-electron chi connectivity index (χ1n) is 10.8. The molecule has 0 aliphatic carbocycles. The Morgan fingerprint density at radius 3 is 2.38 bits per heavy atom. The fraction of sp³-hybridized carbons (Fsp3) is 0.192. The average Bonchev–Trinajstić information content (AvgIpc) is 3.39. The third-order valence-electron chi connectivity index (χ3n) is 6.05. The van der Waals surface area contributed by atoms with Crippen molar-refractivity contribution in [2.45, 2.75) is 25.9 Å². The molecule has 1 atom stereocenters. The average molecular weight is 424 g/mol. The summed E-state index contributed by atoms with van der Waals surface area (Å²) in [6.07, 6.45) is 4.21. The van der Waals surface area contributed by atoms with E-state index in [-0.39, 0.29) is 11.9 Å². The number of benzene rings is 3. The van der Waals surface area contributed by atoms with Gasteiger partial charge in [0.15, 0.2) is 0 Å². The van der Waals surface area contributed by atoms with E-state index in [9.17, 15) is 4.79 Å². The van der Waals surface area contributed by atoms with Crippen LogP contribution in [-0.4, -0.2) is 27.2 Å². The zero-order valence-corrected chi connectivity index (χ0v) is 18.0. The van der Waals surface area contributed by atoms with Crippen LogP contribution in [0.2, 0.25) is 0 Å². The van der Waals surface area contributed by atoms with E-state index in [4.69, 9.17) is 0 Å². The van der Waals surface area contributed by atoms with Crippen molar-refractivity contribution in [2.75, 3.05) is 11.4 Å². The van der Waals surface area contributed by atoms with Crippen molar-refractivity contribution < 1.29 is 4.79 Å². The quantitative estimate of drug-likeness (QED) is 0.519. The van der Waals surface area contributed by atoms with Crippen molar-refractivity contribution in [3.05, 3.63) is 108 Å². The van der Waals surface area contributed by atoms with Gasteiger partial charge in [0, 0.05) is 24.3 Å². The molecule has 32 heavy (non-hydrogen) atoms. The predicted molar refractivity (Wildman–Crippen MR) is 125 cm³/mol. The summed E-state index contributed by atoms with van der Waals surface area (Å²) in [6.45, 7) is 3.88. The Morgan fingerprint density at radius 1 is 0.938 bits per heavy atom. The lowest BCUT2D eigenvalue weighted by molar-refractivity contribution is 0.0940. The lowest BCUT2D eigenvalue weighted by Gasteiger charge is -2.30. The van der Waals surface area contributed by atoms with Gasteiger partial charge in [0.2, 0.25) is 0 Å². The fourth-order valence-electron chi connectivity index (χ4n) is 4.16. The second-order valence-electron chi connectivity index (χ2n) is 8.11. The van der Waals surface area contributed by atoms with Crippen molar-refractivity contribution in [1.82, 2.24) is 20.1 Å². The molecule has 1 N–H and O–H groups in total. The second-order valence-corrected chi connectivity index (χ2v) is 8.11. The molecular weight excluding hydrogens is 398 g/mol. The van der Waals surface area contributed by atoms with E-state index in [0.717, 1.165) is 36.4 Å². The third-order valence-corrected chi connectivity index (χ3v) is 6.05. The highest BCUT2D eigenvalue weighted by Crippen LogP contribution is 2.25. The van der Waals surface area contributed by atoms with Gasteiger partial charge in [0.1, 0.15) is 12.7 Å². The van der Waals surface area contributed by atoms with Crippen LogP contribution in [0.3, 0.4) is 0 Å². The number of hydrogen-bond donors (Lipinski definition) is 1. The standard InChI is InChI=1S/C26H25N5O/c1-19(20-6-12-25(13-7-20)31-18-27-17-28-31)29-26(32)22-8-10-24(11-9-22)30-15-14-21-4-2-3-5-23(21)16-30/h2-13,17-19H,14-16H2,1H3,(H,29,32). The fourth-order valence-corrected chi connectivity index (χ4v) is 4.16. The molecule has 1 aliphatic rings. The number of aromatic nitrogens is 3. The summed E-state index contributed by atoms with van der Waals surface area (Å²) in [5.74, 6) is -0.0756. The third kappa shape index (κ3) is 4.12. The highest BCUT2D eigenvalue weighted by Gasteiger charge is 2.17. The number of anilines is 1. The number of amides is 1. The van der Waals surface area contributed by atoms with Gasteiger partial charge in [0.05, 0.1) is 11.7 Å². The van der Waals surface area contributed by atoms with Crippen LogP contribution >= 0.6 is 0 Å². The Labute approximate surface area is 187 Å². The number of carbonyl (C=O) groups excluding carboxylic acids is 1. The minimum absolute atomic E-state index is 0.0756. The summed E-state index contributed by atoms with van der Waals surface area (Å²) in [5.41, 5.74) is 6.59. The van der Waals surface area contributed by atoms with Gasteiger partial charge in [0.25, 0.3) is 5.91 Å². The van der Waals surface area contributed by atoms with Gasteiger partial charge in [-0.25, -0.2) is 9.67 Å². The van der Waals surface area contributed by atoms with Crippen LogP contribution < -0.4 is 10.2 Å². The number of rotatable bonds is 5. The molecule has 0 fully saturated rings. The molecule has 6 heteroatoms. The lowest BCUT2D eigenvalue weighted by Crippen LogP contribution is -2.30. The number of nitrogens with one attached hydrogen (secondary N) is 1. The van der Waals surface area contributed by atoms with Crippen LogP contribution in [-0.2, 0) is 13.0 Å². The molecule has 6 nitrogen and oxygen atoms in total. The molecule has 1 aliphatic heterocycles. The van der Waals surface area contributed by atoms with Crippen molar-refractivity contribution >= 4 is 11.6 Å². The molecule has 5 rings (SSSR count). The van der Waals surface area contributed by atoms with Gasteiger partial charge in [-0.15, -0.1) is 0 Å². The van der Waals surface area contributed by atoms with Gasteiger partial charge >= 0.3 is 0 Å². The molecule has 4 aromatic rings. The van der Waals surface area contributed by atoms with Gasteiger partial charge < -0.3 is 10.2 Å². The first-order chi connectivity index (χ1) is 15.7. The molecular formula is C26H25N5O.